The molecule has 4 fully saturated rings. The van der Waals surface area contributed by atoms with Gasteiger partial charge in [-0.15, -0.1) is 0 Å². The fourth-order valence-electron chi connectivity index (χ4n) is 6.97. The van der Waals surface area contributed by atoms with Crippen molar-refractivity contribution in [3.63, 3.8) is 0 Å². The Balaban J connectivity index is 1.01. The van der Waals surface area contributed by atoms with Crippen LogP contribution in [0.4, 0.5) is 0 Å². The lowest BCUT2D eigenvalue weighted by atomic mass is 9.98. The molecule has 6 heteroatoms. The zero-order valence-electron chi connectivity index (χ0n) is 20.4. The first-order valence-corrected chi connectivity index (χ1v) is 14.0. The highest BCUT2D eigenvalue weighted by atomic mass is 35.5. The maximum Gasteiger partial charge on any atom is 0.134 e. The van der Waals surface area contributed by atoms with E-state index in [0.717, 1.165) is 41.4 Å². The minimum atomic E-state index is 0.300. The monoisotopic (exact) mass is 505 g/mol. The molecule has 2 saturated carbocycles. The normalized spacial score (nSPS) is 29.6. The third-order valence-corrected chi connectivity index (χ3v) is 9.54. The highest BCUT2D eigenvalue weighted by Crippen LogP contribution is 2.47. The van der Waals surface area contributed by atoms with E-state index in [4.69, 9.17) is 16.6 Å². The first-order valence-electron chi connectivity index (χ1n) is 13.6. The van der Waals surface area contributed by atoms with Crippen LogP contribution in [0.3, 0.4) is 0 Å². The summed E-state index contributed by atoms with van der Waals surface area (Å²) in [5, 5.41) is 11.9. The Morgan fingerprint density at radius 2 is 1.41 bits per heavy atom. The average molecular weight is 506 g/mol. The molecule has 0 spiro atoms. The SMILES string of the molecule is Clc1[nH]c([C@@H]2C[C@H]3C[C@H]3N2)nc1-c1ccc(-c2ccc3c(ccc4[nH]c([C@@H]5C[C@H]6C[C@H]6N5)cc43)c2)cc1. The van der Waals surface area contributed by atoms with Crippen LogP contribution < -0.4 is 10.6 Å². The van der Waals surface area contributed by atoms with Crippen molar-refractivity contribution in [1.29, 1.82) is 0 Å². The summed E-state index contributed by atoms with van der Waals surface area (Å²) in [6.45, 7) is 0. The van der Waals surface area contributed by atoms with Crippen LogP contribution in [0.15, 0.2) is 60.7 Å². The van der Waals surface area contributed by atoms with E-state index >= 15 is 0 Å². The molecule has 4 aliphatic rings. The Bertz CT molecular complexity index is 1680. The van der Waals surface area contributed by atoms with Crippen molar-refractivity contribution in [1.82, 2.24) is 25.6 Å². The number of nitrogens with one attached hydrogen (secondary N) is 4. The molecule has 4 heterocycles. The molecule has 0 bridgehead atoms. The van der Waals surface area contributed by atoms with E-state index in [1.807, 2.05) is 0 Å². The van der Waals surface area contributed by atoms with Gasteiger partial charge in [-0.25, -0.2) is 4.98 Å². The van der Waals surface area contributed by atoms with E-state index in [1.165, 1.54) is 57.8 Å². The van der Waals surface area contributed by atoms with E-state index in [2.05, 4.69) is 81.3 Å². The molecule has 4 N–H and O–H groups in total. The summed E-state index contributed by atoms with van der Waals surface area (Å²) in [5.74, 6) is 2.68. The number of aromatic amines is 2. The Morgan fingerprint density at radius 1 is 0.676 bits per heavy atom. The Kier molecular flexibility index (Phi) is 4.22. The van der Waals surface area contributed by atoms with Crippen molar-refractivity contribution < 1.29 is 0 Å². The van der Waals surface area contributed by atoms with E-state index in [9.17, 15) is 0 Å². The first kappa shape index (κ1) is 20.9. The van der Waals surface area contributed by atoms with Crippen molar-refractivity contribution in [3.8, 4) is 22.4 Å². The smallest absolute Gasteiger partial charge is 0.134 e. The van der Waals surface area contributed by atoms with Crippen molar-refractivity contribution in [3.05, 3.63) is 77.3 Å². The number of imidazole rings is 1. The van der Waals surface area contributed by atoms with E-state index in [1.54, 1.807) is 0 Å². The summed E-state index contributed by atoms with van der Waals surface area (Å²) in [5.41, 5.74) is 6.84. The molecule has 0 unspecified atom stereocenters. The molecule has 9 rings (SSSR count). The van der Waals surface area contributed by atoms with Crippen LogP contribution in [-0.4, -0.2) is 27.0 Å². The fraction of sp³-hybridized carbons (Fsp3) is 0.323. The standard InChI is InChI=1S/C31H28ClN5/c32-30-29(36-31(37-30)28-13-20-11-25(20)35-28)16-3-1-15(2-4-16)17-5-7-21-18(9-17)6-8-23-22(21)14-27(33-23)26-12-19-10-24(19)34-26/h1-9,14,19-20,24-26,28,33-35H,10-13H2,(H,36,37)/t19-,20-,24-,25-,26+,28+/m1/s1. The molecule has 5 nitrogen and oxygen atoms in total. The van der Waals surface area contributed by atoms with Crippen LogP contribution in [0, 0.1) is 11.8 Å². The van der Waals surface area contributed by atoms with Crippen LogP contribution in [0.5, 0.6) is 0 Å². The Labute approximate surface area is 220 Å². The van der Waals surface area contributed by atoms with Crippen LogP contribution >= 0.6 is 11.6 Å². The second kappa shape index (κ2) is 7.47. The number of fused-ring (bicyclic) bond motifs is 5. The van der Waals surface area contributed by atoms with Gasteiger partial charge in [0.1, 0.15) is 16.7 Å². The maximum absolute atomic E-state index is 6.58. The molecule has 2 aliphatic heterocycles. The number of piperidine rings is 2. The Morgan fingerprint density at radius 3 is 2.16 bits per heavy atom. The predicted molar refractivity (Wildman–Crippen MR) is 149 cm³/mol. The third kappa shape index (κ3) is 3.34. The number of hydrogen-bond donors (Lipinski definition) is 4. The minimum absolute atomic E-state index is 0.300. The summed E-state index contributed by atoms with van der Waals surface area (Å²) in [4.78, 5) is 11.9. The molecule has 6 atom stereocenters. The number of aromatic nitrogens is 3. The number of halogens is 1. The lowest BCUT2D eigenvalue weighted by molar-refractivity contribution is 0.543. The van der Waals surface area contributed by atoms with Crippen molar-refractivity contribution in [2.24, 2.45) is 11.8 Å². The van der Waals surface area contributed by atoms with Gasteiger partial charge < -0.3 is 20.6 Å². The van der Waals surface area contributed by atoms with Gasteiger partial charge >= 0.3 is 0 Å². The Hall–Kier alpha value is -3.12. The molecule has 3 aromatic carbocycles. The summed E-state index contributed by atoms with van der Waals surface area (Å²) in [6.07, 6.45) is 5.09. The third-order valence-electron chi connectivity index (χ3n) is 9.27. The van der Waals surface area contributed by atoms with E-state index in [-0.39, 0.29) is 0 Å². The van der Waals surface area contributed by atoms with Crippen molar-refractivity contribution in [2.75, 3.05) is 0 Å². The second-order valence-corrected chi connectivity index (χ2v) is 12.0. The van der Waals surface area contributed by atoms with Gasteiger partial charge in [0.2, 0.25) is 0 Å². The van der Waals surface area contributed by atoms with Crippen LogP contribution in [-0.2, 0) is 0 Å². The molecule has 2 aliphatic carbocycles. The molecule has 5 aromatic rings. The highest BCUT2D eigenvalue weighted by Gasteiger charge is 2.47. The van der Waals surface area contributed by atoms with Crippen LogP contribution in [0.1, 0.15) is 49.3 Å². The topological polar surface area (TPSA) is 68.5 Å². The maximum atomic E-state index is 6.58. The van der Waals surface area contributed by atoms with Gasteiger partial charge in [0.15, 0.2) is 0 Å². The van der Waals surface area contributed by atoms with Gasteiger partial charge in [-0.2, -0.15) is 0 Å². The van der Waals surface area contributed by atoms with Gasteiger partial charge in [0, 0.05) is 40.3 Å². The number of nitrogens with zero attached hydrogens (tertiary/aromatic N) is 1. The van der Waals surface area contributed by atoms with E-state index in [0.29, 0.717) is 23.3 Å². The van der Waals surface area contributed by atoms with Crippen LogP contribution in [0.25, 0.3) is 44.1 Å². The molecule has 184 valence electrons. The molecule has 37 heavy (non-hydrogen) atoms. The lowest BCUT2D eigenvalue weighted by Gasteiger charge is -2.10. The molecule has 0 amide bonds. The van der Waals surface area contributed by atoms with Crippen molar-refractivity contribution >= 4 is 33.3 Å². The summed E-state index contributed by atoms with van der Waals surface area (Å²) in [7, 11) is 0. The first-order chi connectivity index (χ1) is 18.2. The zero-order valence-corrected chi connectivity index (χ0v) is 21.1. The molecular weight excluding hydrogens is 478 g/mol. The summed E-state index contributed by atoms with van der Waals surface area (Å²) < 4.78 is 0. The largest absolute Gasteiger partial charge is 0.357 e. The predicted octanol–water partition coefficient (Wildman–Crippen LogP) is 6.88. The molecular formula is C31H28ClN5. The average Bonchev–Trinajstić information content (AvgIpc) is 3.52. The summed E-state index contributed by atoms with van der Waals surface area (Å²) >= 11 is 6.58. The number of rotatable bonds is 4. The van der Waals surface area contributed by atoms with Crippen LogP contribution in [0.2, 0.25) is 5.15 Å². The minimum Gasteiger partial charge on any atom is -0.357 e. The zero-order chi connectivity index (χ0) is 24.2. The fourth-order valence-corrected chi connectivity index (χ4v) is 7.22. The van der Waals surface area contributed by atoms with Crippen molar-refractivity contribution in [2.45, 2.75) is 49.9 Å². The highest BCUT2D eigenvalue weighted by molar-refractivity contribution is 6.31. The van der Waals surface area contributed by atoms with Gasteiger partial charge in [-0.1, -0.05) is 54.1 Å². The number of benzene rings is 3. The van der Waals surface area contributed by atoms with Gasteiger partial charge in [-0.05, 0) is 77.6 Å². The summed E-state index contributed by atoms with van der Waals surface area (Å²) in [6, 6.07) is 24.5. The second-order valence-electron chi connectivity index (χ2n) is 11.7. The number of H-pyrrole nitrogens is 2. The number of hydrogen-bond acceptors (Lipinski definition) is 3. The van der Waals surface area contributed by atoms with Gasteiger partial charge in [0.05, 0.1) is 6.04 Å². The van der Waals surface area contributed by atoms with E-state index < -0.39 is 0 Å². The lowest BCUT2D eigenvalue weighted by Crippen LogP contribution is -2.18. The molecule has 2 aromatic heterocycles. The molecule has 2 saturated heterocycles. The van der Waals surface area contributed by atoms with Gasteiger partial charge in [-0.3, -0.25) is 0 Å². The van der Waals surface area contributed by atoms with Gasteiger partial charge in [0.25, 0.3) is 0 Å². The quantitative estimate of drug-likeness (QED) is 0.215. The molecule has 0 radical (unpaired) electrons.